The fourth-order valence-electron chi connectivity index (χ4n) is 1.42. The van der Waals surface area contributed by atoms with E-state index in [-0.39, 0.29) is 5.91 Å². The van der Waals surface area contributed by atoms with Gasteiger partial charge in [0.25, 0.3) is 5.91 Å². The second-order valence-electron chi connectivity index (χ2n) is 4.11. The molecule has 1 amide bonds. The van der Waals surface area contributed by atoms with Crippen LogP contribution in [0.2, 0.25) is 0 Å². The van der Waals surface area contributed by atoms with Crippen molar-refractivity contribution in [2.75, 3.05) is 18.6 Å². The number of benzene rings is 1. The van der Waals surface area contributed by atoms with Gasteiger partial charge in [-0.1, -0.05) is 12.1 Å². The molecule has 1 N–H and O–H groups in total. The second-order valence-corrected chi connectivity index (χ2v) is 6.52. The first-order valence-electron chi connectivity index (χ1n) is 5.99. The van der Waals surface area contributed by atoms with Crippen molar-refractivity contribution in [3.63, 3.8) is 0 Å². The average molecular weight is 348 g/mol. The SMILES string of the molecule is C[C@H](Oc1ccccc1Br)C(=O)NCCC[S@@](C)=O. The Bertz CT molecular complexity index is 453. The summed E-state index contributed by atoms with van der Waals surface area (Å²) in [5, 5.41) is 2.76. The molecule has 0 unspecified atom stereocenters. The molecule has 6 heteroatoms. The predicted octanol–water partition coefficient (Wildman–Crippen LogP) is 2.10. The second kappa shape index (κ2) is 8.32. The van der Waals surface area contributed by atoms with Crippen LogP contribution >= 0.6 is 15.9 Å². The number of hydrogen-bond donors (Lipinski definition) is 1. The maximum Gasteiger partial charge on any atom is 0.260 e. The van der Waals surface area contributed by atoms with Gasteiger partial charge in [0.05, 0.1) is 4.47 Å². The number of carbonyl (C=O) groups excluding carboxylic acids is 1. The van der Waals surface area contributed by atoms with Gasteiger partial charge in [-0.05, 0) is 41.4 Å². The van der Waals surface area contributed by atoms with Crippen LogP contribution in [0.25, 0.3) is 0 Å². The molecule has 4 nitrogen and oxygen atoms in total. The molecule has 0 fully saturated rings. The molecule has 0 saturated carbocycles. The third-order valence-corrected chi connectivity index (χ3v) is 3.94. The zero-order valence-electron chi connectivity index (χ0n) is 11.0. The number of ether oxygens (including phenoxy) is 1. The first kappa shape index (κ1) is 16.2. The first-order valence-corrected chi connectivity index (χ1v) is 8.51. The molecule has 0 bridgehead atoms. The molecule has 0 spiro atoms. The summed E-state index contributed by atoms with van der Waals surface area (Å²) in [4.78, 5) is 11.8. The minimum Gasteiger partial charge on any atom is -0.480 e. The quantitative estimate of drug-likeness (QED) is 0.768. The molecule has 0 aliphatic carbocycles. The molecule has 0 saturated heterocycles. The van der Waals surface area contributed by atoms with Gasteiger partial charge in [0, 0.05) is 29.4 Å². The summed E-state index contributed by atoms with van der Waals surface area (Å²) < 4.78 is 17.3. The molecule has 1 aromatic carbocycles. The van der Waals surface area contributed by atoms with Crippen molar-refractivity contribution in [1.82, 2.24) is 5.32 Å². The normalized spacial score (nSPS) is 13.6. The fourth-order valence-corrected chi connectivity index (χ4v) is 2.34. The lowest BCUT2D eigenvalue weighted by Crippen LogP contribution is -2.37. The van der Waals surface area contributed by atoms with Crippen LogP contribution in [0.4, 0.5) is 0 Å². The van der Waals surface area contributed by atoms with E-state index in [0.717, 1.165) is 4.47 Å². The lowest BCUT2D eigenvalue weighted by Gasteiger charge is -2.15. The predicted molar refractivity (Wildman–Crippen MR) is 80.8 cm³/mol. The van der Waals surface area contributed by atoms with Crippen molar-refractivity contribution in [3.05, 3.63) is 28.7 Å². The Morgan fingerprint density at radius 2 is 2.16 bits per heavy atom. The van der Waals surface area contributed by atoms with Gasteiger partial charge in [-0.2, -0.15) is 0 Å². The fraction of sp³-hybridized carbons (Fsp3) is 0.462. The number of carbonyl (C=O) groups is 1. The molecular weight excluding hydrogens is 330 g/mol. The molecule has 0 aliphatic heterocycles. The van der Waals surface area contributed by atoms with E-state index in [1.807, 2.05) is 18.2 Å². The Labute approximate surface area is 124 Å². The zero-order chi connectivity index (χ0) is 14.3. The van der Waals surface area contributed by atoms with E-state index >= 15 is 0 Å². The van der Waals surface area contributed by atoms with Crippen LogP contribution in [-0.4, -0.2) is 34.8 Å². The van der Waals surface area contributed by atoms with Crippen LogP contribution in [-0.2, 0) is 15.6 Å². The molecule has 106 valence electrons. The van der Waals surface area contributed by atoms with Gasteiger partial charge >= 0.3 is 0 Å². The largest absolute Gasteiger partial charge is 0.480 e. The van der Waals surface area contributed by atoms with E-state index in [9.17, 15) is 9.00 Å². The van der Waals surface area contributed by atoms with Crippen LogP contribution in [0.15, 0.2) is 28.7 Å². The number of rotatable bonds is 7. The highest BCUT2D eigenvalue weighted by Gasteiger charge is 2.15. The van der Waals surface area contributed by atoms with Crippen molar-refractivity contribution in [3.8, 4) is 5.75 Å². The summed E-state index contributed by atoms with van der Waals surface area (Å²) >= 11 is 3.36. The first-order chi connectivity index (χ1) is 9.00. The summed E-state index contributed by atoms with van der Waals surface area (Å²) in [7, 11) is -0.814. The van der Waals surface area contributed by atoms with E-state index in [1.165, 1.54) is 0 Å². The number of hydrogen-bond acceptors (Lipinski definition) is 3. The topological polar surface area (TPSA) is 55.4 Å². The van der Waals surface area contributed by atoms with Gasteiger partial charge in [0.2, 0.25) is 0 Å². The van der Waals surface area contributed by atoms with E-state index in [0.29, 0.717) is 24.5 Å². The molecular formula is C13H18BrNO3S. The van der Waals surface area contributed by atoms with Gasteiger partial charge in [-0.25, -0.2) is 0 Å². The van der Waals surface area contributed by atoms with Gasteiger partial charge in [-0.3, -0.25) is 9.00 Å². The molecule has 0 heterocycles. The van der Waals surface area contributed by atoms with Crippen molar-refractivity contribution in [1.29, 1.82) is 0 Å². The molecule has 2 atom stereocenters. The highest BCUT2D eigenvalue weighted by molar-refractivity contribution is 9.10. The summed E-state index contributed by atoms with van der Waals surface area (Å²) in [5.74, 6) is 1.07. The highest BCUT2D eigenvalue weighted by Crippen LogP contribution is 2.24. The van der Waals surface area contributed by atoms with Gasteiger partial charge in [-0.15, -0.1) is 0 Å². The number of amides is 1. The van der Waals surface area contributed by atoms with Crippen LogP contribution < -0.4 is 10.1 Å². The Hall–Kier alpha value is -0.880. The maximum atomic E-state index is 11.8. The zero-order valence-corrected chi connectivity index (χ0v) is 13.4. The van der Waals surface area contributed by atoms with Crippen LogP contribution in [0.1, 0.15) is 13.3 Å². The van der Waals surface area contributed by atoms with Crippen LogP contribution in [0.3, 0.4) is 0 Å². The van der Waals surface area contributed by atoms with E-state index < -0.39 is 16.9 Å². The van der Waals surface area contributed by atoms with Crippen molar-refractivity contribution < 1.29 is 13.7 Å². The third-order valence-electron chi connectivity index (χ3n) is 2.42. The molecule has 0 aromatic heterocycles. The molecule has 1 rings (SSSR count). The minimum atomic E-state index is -0.814. The number of para-hydroxylation sites is 1. The molecule has 19 heavy (non-hydrogen) atoms. The maximum absolute atomic E-state index is 11.8. The molecule has 1 aromatic rings. The Balaban J connectivity index is 2.37. The van der Waals surface area contributed by atoms with E-state index in [4.69, 9.17) is 4.74 Å². The molecule has 0 radical (unpaired) electrons. The van der Waals surface area contributed by atoms with E-state index in [2.05, 4.69) is 21.2 Å². The van der Waals surface area contributed by atoms with Crippen molar-refractivity contribution in [2.45, 2.75) is 19.4 Å². The lowest BCUT2D eigenvalue weighted by molar-refractivity contribution is -0.127. The average Bonchev–Trinajstić information content (AvgIpc) is 2.36. The lowest BCUT2D eigenvalue weighted by atomic mass is 10.3. The number of halogens is 1. The van der Waals surface area contributed by atoms with Crippen LogP contribution in [0, 0.1) is 0 Å². The summed E-state index contributed by atoms with van der Waals surface area (Å²) in [5.41, 5.74) is 0. The Kier molecular flexibility index (Phi) is 7.09. The van der Waals surface area contributed by atoms with Crippen molar-refractivity contribution >= 4 is 32.6 Å². The monoisotopic (exact) mass is 347 g/mol. The third kappa shape index (κ3) is 6.20. The summed E-state index contributed by atoms with van der Waals surface area (Å²) in [6.07, 6.45) is 1.79. The summed E-state index contributed by atoms with van der Waals surface area (Å²) in [6, 6.07) is 7.39. The van der Waals surface area contributed by atoms with E-state index in [1.54, 1.807) is 19.2 Å². The standard InChI is InChI=1S/C13H18BrNO3S/c1-10(13(16)15-8-5-9-19(2)17)18-12-7-4-3-6-11(12)14/h3-4,6-7,10H,5,8-9H2,1-2H3,(H,15,16)/t10-,19+/m0/s1. The van der Waals surface area contributed by atoms with Crippen molar-refractivity contribution in [2.24, 2.45) is 0 Å². The van der Waals surface area contributed by atoms with Gasteiger partial charge in [0.15, 0.2) is 6.10 Å². The minimum absolute atomic E-state index is 0.169. The Morgan fingerprint density at radius 3 is 2.79 bits per heavy atom. The van der Waals surface area contributed by atoms with Crippen LogP contribution in [0.5, 0.6) is 5.75 Å². The highest BCUT2D eigenvalue weighted by atomic mass is 79.9. The van der Waals surface area contributed by atoms with Gasteiger partial charge in [0.1, 0.15) is 5.75 Å². The molecule has 0 aliphatic rings. The Morgan fingerprint density at radius 1 is 1.47 bits per heavy atom. The smallest absolute Gasteiger partial charge is 0.260 e. The van der Waals surface area contributed by atoms with Gasteiger partial charge < -0.3 is 10.1 Å². The number of nitrogens with one attached hydrogen (secondary N) is 1. The summed E-state index contributed by atoms with van der Waals surface area (Å²) in [6.45, 7) is 2.22.